The number of hydrogen-bond donors (Lipinski definition) is 0. The summed E-state index contributed by atoms with van der Waals surface area (Å²) in [6.45, 7) is 2.15. The first-order valence-corrected chi connectivity index (χ1v) is 5.32. The third-order valence-corrected chi connectivity index (χ3v) is 2.46. The molecule has 0 bridgehead atoms. The number of rotatable bonds is 4. The number of hydrogen-bond acceptors (Lipinski definition) is 1. The second kappa shape index (κ2) is 5.18. The van der Waals surface area contributed by atoms with Crippen LogP contribution in [0.5, 0.6) is 0 Å². The first-order chi connectivity index (χ1) is 6.25. The summed E-state index contributed by atoms with van der Waals surface area (Å²) in [5.74, 6) is 0. The Morgan fingerprint density at radius 1 is 1.38 bits per heavy atom. The van der Waals surface area contributed by atoms with Crippen LogP contribution in [0.3, 0.4) is 0 Å². The molecule has 70 valence electrons. The van der Waals surface area contributed by atoms with Gasteiger partial charge in [0, 0.05) is 5.56 Å². The quantitative estimate of drug-likeness (QED) is 0.736. The van der Waals surface area contributed by atoms with E-state index >= 15 is 0 Å². The average Bonchev–Trinajstić information content (AvgIpc) is 2.15. The van der Waals surface area contributed by atoms with Crippen molar-refractivity contribution in [2.45, 2.75) is 26.2 Å². The van der Waals surface area contributed by atoms with Gasteiger partial charge in [0.15, 0.2) is 0 Å². The van der Waals surface area contributed by atoms with Crippen LogP contribution in [-0.2, 0) is 6.42 Å². The van der Waals surface area contributed by atoms with Crippen LogP contribution in [0.1, 0.15) is 35.7 Å². The van der Waals surface area contributed by atoms with Crippen molar-refractivity contribution in [3.8, 4) is 0 Å². The van der Waals surface area contributed by atoms with Crippen LogP contribution in [-0.4, -0.2) is 4.69 Å². The third kappa shape index (κ3) is 2.96. The van der Waals surface area contributed by atoms with Crippen molar-refractivity contribution in [2.75, 3.05) is 0 Å². The number of aryl methyl sites for hydroxylation is 1. The lowest BCUT2D eigenvalue weighted by atomic mass is 10.0. The lowest BCUT2D eigenvalue weighted by Gasteiger charge is -2.04. The highest BCUT2D eigenvalue weighted by Crippen LogP contribution is 2.14. The molecule has 1 rings (SSSR count). The maximum atomic E-state index is 11.1. The molecule has 1 aromatic carbocycles. The molecule has 0 N–H and O–H groups in total. The zero-order valence-corrected chi connectivity index (χ0v) is 9.30. The monoisotopic (exact) mass is 240 g/mol. The van der Waals surface area contributed by atoms with Gasteiger partial charge >= 0.3 is 0 Å². The van der Waals surface area contributed by atoms with E-state index in [1.807, 2.05) is 24.3 Å². The minimum atomic E-state index is -0.0146. The van der Waals surface area contributed by atoms with Crippen molar-refractivity contribution in [3.63, 3.8) is 0 Å². The van der Waals surface area contributed by atoms with Crippen LogP contribution in [0.2, 0.25) is 0 Å². The molecule has 0 heterocycles. The molecular formula is C11H13BrO. The molecule has 0 amide bonds. The highest BCUT2D eigenvalue weighted by atomic mass is 79.9. The van der Waals surface area contributed by atoms with Gasteiger partial charge in [-0.3, -0.25) is 4.79 Å². The number of unbranched alkanes of at least 4 members (excludes halogenated alkanes) is 1. The standard InChI is InChI=1S/C11H13BrO/c1-2-3-6-9-7-4-5-8-10(9)11(12)13/h4-5,7-8H,2-3,6H2,1H3. The van der Waals surface area contributed by atoms with Gasteiger partial charge in [-0.1, -0.05) is 37.6 Å². The lowest BCUT2D eigenvalue weighted by molar-refractivity contribution is 0.109. The Morgan fingerprint density at radius 3 is 2.69 bits per heavy atom. The van der Waals surface area contributed by atoms with Crippen LogP contribution in [0.25, 0.3) is 0 Å². The molecule has 0 aliphatic heterocycles. The van der Waals surface area contributed by atoms with Gasteiger partial charge in [0.1, 0.15) is 0 Å². The van der Waals surface area contributed by atoms with Gasteiger partial charge in [-0.15, -0.1) is 0 Å². The average molecular weight is 241 g/mol. The van der Waals surface area contributed by atoms with Crippen molar-refractivity contribution < 1.29 is 4.79 Å². The molecule has 0 saturated heterocycles. The topological polar surface area (TPSA) is 17.1 Å². The molecule has 0 aliphatic rings. The highest BCUT2D eigenvalue weighted by Gasteiger charge is 2.05. The zero-order valence-electron chi connectivity index (χ0n) is 7.72. The zero-order chi connectivity index (χ0) is 9.68. The first-order valence-electron chi connectivity index (χ1n) is 4.53. The summed E-state index contributed by atoms with van der Waals surface area (Å²) in [6, 6.07) is 7.75. The molecule has 0 radical (unpaired) electrons. The Morgan fingerprint density at radius 2 is 2.08 bits per heavy atom. The minimum Gasteiger partial charge on any atom is -0.281 e. The van der Waals surface area contributed by atoms with E-state index in [0.717, 1.165) is 30.4 Å². The molecule has 0 aliphatic carbocycles. The van der Waals surface area contributed by atoms with E-state index in [0.29, 0.717) is 0 Å². The molecular weight excluding hydrogens is 228 g/mol. The number of carbonyl (C=O) groups excluding carboxylic acids is 1. The molecule has 0 unspecified atom stereocenters. The van der Waals surface area contributed by atoms with Crippen molar-refractivity contribution in [1.29, 1.82) is 0 Å². The van der Waals surface area contributed by atoms with Gasteiger partial charge in [0.05, 0.1) is 0 Å². The molecule has 13 heavy (non-hydrogen) atoms. The maximum absolute atomic E-state index is 11.1. The first kappa shape index (κ1) is 10.5. The Balaban J connectivity index is 2.84. The Labute approximate surface area is 87.3 Å². The smallest absolute Gasteiger partial charge is 0.228 e. The molecule has 0 fully saturated rings. The summed E-state index contributed by atoms with van der Waals surface area (Å²) < 4.78 is -0.0146. The van der Waals surface area contributed by atoms with Gasteiger partial charge in [-0.25, -0.2) is 0 Å². The minimum absolute atomic E-state index is 0.0146. The van der Waals surface area contributed by atoms with Gasteiger partial charge in [-0.05, 0) is 34.3 Å². The summed E-state index contributed by atoms with van der Waals surface area (Å²) in [6.07, 6.45) is 3.28. The Kier molecular flexibility index (Phi) is 4.16. The number of benzene rings is 1. The van der Waals surface area contributed by atoms with Crippen LogP contribution >= 0.6 is 15.9 Å². The van der Waals surface area contributed by atoms with Crippen molar-refractivity contribution in [2.24, 2.45) is 0 Å². The van der Waals surface area contributed by atoms with E-state index < -0.39 is 0 Å². The van der Waals surface area contributed by atoms with Crippen molar-refractivity contribution >= 4 is 20.6 Å². The van der Waals surface area contributed by atoms with E-state index in [2.05, 4.69) is 22.9 Å². The van der Waals surface area contributed by atoms with Crippen LogP contribution in [0.15, 0.2) is 24.3 Å². The fourth-order valence-electron chi connectivity index (χ4n) is 1.30. The third-order valence-electron chi connectivity index (χ3n) is 2.03. The summed E-state index contributed by atoms with van der Waals surface area (Å²) in [5.41, 5.74) is 1.95. The molecule has 0 spiro atoms. The summed E-state index contributed by atoms with van der Waals surface area (Å²) >= 11 is 2.99. The van der Waals surface area contributed by atoms with Crippen molar-refractivity contribution in [1.82, 2.24) is 0 Å². The lowest BCUT2D eigenvalue weighted by Crippen LogP contribution is -1.96. The molecule has 0 atom stereocenters. The summed E-state index contributed by atoms with van der Waals surface area (Å²) in [4.78, 5) is 11.1. The second-order valence-electron chi connectivity index (χ2n) is 3.03. The maximum Gasteiger partial charge on any atom is 0.228 e. The molecule has 1 aromatic rings. The van der Waals surface area contributed by atoms with Gasteiger partial charge in [0.2, 0.25) is 4.69 Å². The SMILES string of the molecule is CCCCc1ccccc1C(=O)Br. The predicted octanol–water partition coefficient (Wildman–Crippen LogP) is 3.56. The fourth-order valence-corrected chi connectivity index (χ4v) is 1.68. The van der Waals surface area contributed by atoms with E-state index in [4.69, 9.17) is 0 Å². The van der Waals surface area contributed by atoms with Gasteiger partial charge < -0.3 is 0 Å². The van der Waals surface area contributed by atoms with E-state index in [1.165, 1.54) is 0 Å². The van der Waals surface area contributed by atoms with E-state index in [-0.39, 0.29) is 4.69 Å². The van der Waals surface area contributed by atoms with E-state index in [9.17, 15) is 4.79 Å². The second-order valence-corrected chi connectivity index (χ2v) is 3.75. The summed E-state index contributed by atoms with van der Waals surface area (Å²) in [5, 5.41) is 0. The molecule has 2 heteroatoms. The number of carbonyl (C=O) groups is 1. The van der Waals surface area contributed by atoms with Crippen LogP contribution in [0, 0.1) is 0 Å². The van der Waals surface area contributed by atoms with Crippen LogP contribution < -0.4 is 0 Å². The normalized spacial score (nSPS) is 10.0. The Bertz CT molecular complexity index is 294. The van der Waals surface area contributed by atoms with Gasteiger partial charge in [0.25, 0.3) is 0 Å². The highest BCUT2D eigenvalue weighted by molar-refractivity contribution is 9.18. The largest absolute Gasteiger partial charge is 0.281 e. The molecule has 1 nitrogen and oxygen atoms in total. The Hall–Kier alpha value is -0.630. The van der Waals surface area contributed by atoms with E-state index in [1.54, 1.807) is 0 Å². The van der Waals surface area contributed by atoms with Crippen molar-refractivity contribution in [3.05, 3.63) is 35.4 Å². The van der Waals surface area contributed by atoms with Gasteiger partial charge in [-0.2, -0.15) is 0 Å². The predicted molar refractivity (Wildman–Crippen MR) is 58.3 cm³/mol. The fraction of sp³-hybridized carbons (Fsp3) is 0.364. The van der Waals surface area contributed by atoms with Crippen LogP contribution in [0.4, 0.5) is 0 Å². The molecule has 0 aromatic heterocycles. The number of halogens is 1. The summed E-state index contributed by atoms with van der Waals surface area (Å²) in [7, 11) is 0. The molecule has 0 saturated carbocycles.